The Hall–Kier alpha value is -0.700. The summed E-state index contributed by atoms with van der Waals surface area (Å²) >= 11 is 0. The zero-order valence-electron chi connectivity index (χ0n) is 9.21. The lowest BCUT2D eigenvalue weighted by atomic mass is 9.54. The quantitative estimate of drug-likeness (QED) is 0.715. The van der Waals surface area contributed by atoms with E-state index in [-0.39, 0.29) is 18.0 Å². The van der Waals surface area contributed by atoms with Gasteiger partial charge in [0.15, 0.2) is 0 Å². The van der Waals surface area contributed by atoms with Gasteiger partial charge in [0, 0.05) is 19.3 Å². The number of Topliss-reactive ketones (excluding diaryl/α,β-unsaturated/α-hetero) is 2. The zero-order chi connectivity index (χ0) is 11.1. The Morgan fingerprint density at radius 1 is 1.27 bits per heavy atom. The van der Waals surface area contributed by atoms with Gasteiger partial charge in [-0.2, -0.15) is 0 Å². The molecule has 0 saturated heterocycles. The second-order valence-corrected chi connectivity index (χ2v) is 4.96. The van der Waals surface area contributed by atoms with Gasteiger partial charge in [0.2, 0.25) is 0 Å². The number of carbonyl (C=O) groups is 2. The van der Waals surface area contributed by atoms with Crippen molar-refractivity contribution in [1.82, 2.24) is 0 Å². The van der Waals surface area contributed by atoms with Gasteiger partial charge >= 0.3 is 0 Å². The molecule has 0 unspecified atom stereocenters. The van der Waals surface area contributed by atoms with Crippen molar-refractivity contribution < 1.29 is 14.7 Å². The van der Waals surface area contributed by atoms with Crippen molar-refractivity contribution in [2.24, 2.45) is 5.41 Å². The van der Waals surface area contributed by atoms with E-state index in [0.29, 0.717) is 32.1 Å². The first-order valence-corrected chi connectivity index (χ1v) is 5.81. The number of rotatable bonds is 1. The van der Waals surface area contributed by atoms with Gasteiger partial charge in [-0.25, -0.2) is 0 Å². The first-order chi connectivity index (χ1) is 7.04. The number of hydrogen-bond acceptors (Lipinski definition) is 3. The fourth-order valence-electron chi connectivity index (χ4n) is 3.38. The normalized spacial score (nSPS) is 41.5. The summed E-state index contributed by atoms with van der Waals surface area (Å²) in [6.45, 7) is 1.95. The van der Waals surface area contributed by atoms with Gasteiger partial charge < -0.3 is 5.11 Å². The molecule has 2 saturated carbocycles. The number of carbonyl (C=O) groups excluding carboxylic acids is 2. The maximum atomic E-state index is 12.0. The third-order valence-corrected chi connectivity index (χ3v) is 4.34. The highest BCUT2D eigenvalue weighted by Gasteiger charge is 2.58. The van der Waals surface area contributed by atoms with E-state index in [9.17, 15) is 14.7 Å². The first-order valence-electron chi connectivity index (χ1n) is 5.81. The Balaban J connectivity index is 2.39. The molecule has 0 spiro atoms. The number of hydrogen-bond donors (Lipinski definition) is 1. The second kappa shape index (κ2) is 3.41. The molecule has 2 fully saturated rings. The van der Waals surface area contributed by atoms with E-state index in [0.717, 1.165) is 6.42 Å². The lowest BCUT2D eigenvalue weighted by molar-refractivity contribution is -0.172. The highest BCUT2D eigenvalue weighted by atomic mass is 16.3. The summed E-state index contributed by atoms with van der Waals surface area (Å²) in [4.78, 5) is 23.4. The minimum Gasteiger partial charge on any atom is -0.388 e. The Morgan fingerprint density at radius 3 is 2.67 bits per heavy atom. The van der Waals surface area contributed by atoms with Crippen LogP contribution in [-0.2, 0) is 9.59 Å². The molecule has 2 atom stereocenters. The van der Waals surface area contributed by atoms with Gasteiger partial charge in [0.25, 0.3) is 0 Å². The third-order valence-electron chi connectivity index (χ3n) is 4.34. The van der Waals surface area contributed by atoms with E-state index < -0.39 is 11.0 Å². The molecule has 0 bridgehead atoms. The lowest BCUT2D eigenvalue weighted by Gasteiger charge is -2.51. The number of ketones is 2. The van der Waals surface area contributed by atoms with Crippen molar-refractivity contribution in [3.05, 3.63) is 0 Å². The van der Waals surface area contributed by atoms with Crippen molar-refractivity contribution in [3.63, 3.8) is 0 Å². The monoisotopic (exact) mass is 210 g/mol. The molecule has 0 radical (unpaired) electrons. The average Bonchev–Trinajstić information content (AvgIpc) is 2.17. The van der Waals surface area contributed by atoms with E-state index in [4.69, 9.17) is 0 Å². The molecule has 1 N–H and O–H groups in total. The molecule has 2 aliphatic rings. The van der Waals surface area contributed by atoms with Crippen molar-refractivity contribution in [2.75, 3.05) is 0 Å². The van der Waals surface area contributed by atoms with Crippen molar-refractivity contribution in [1.29, 1.82) is 0 Å². The molecular formula is C12H18O3. The molecule has 2 aliphatic carbocycles. The van der Waals surface area contributed by atoms with Gasteiger partial charge in [0.05, 0.1) is 11.0 Å². The Morgan fingerprint density at radius 2 is 2.00 bits per heavy atom. The molecule has 84 valence electrons. The summed E-state index contributed by atoms with van der Waals surface area (Å²) in [6, 6.07) is 0. The van der Waals surface area contributed by atoms with Crippen LogP contribution < -0.4 is 0 Å². The molecule has 0 amide bonds. The number of fused-ring (bicyclic) bond motifs is 1. The summed E-state index contributed by atoms with van der Waals surface area (Å²) in [7, 11) is 0. The van der Waals surface area contributed by atoms with Crippen LogP contribution >= 0.6 is 0 Å². The average molecular weight is 210 g/mol. The van der Waals surface area contributed by atoms with Crippen molar-refractivity contribution in [2.45, 2.75) is 57.5 Å². The molecule has 0 aliphatic heterocycles. The van der Waals surface area contributed by atoms with E-state index in [1.807, 2.05) is 6.92 Å². The van der Waals surface area contributed by atoms with Crippen LogP contribution in [0.5, 0.6) is 0 Å². The van der Waals surface area contributed by atoms with E-state index >= 15 is 0 Å². The Kier molecular flexibility index (Phi) is 2.45. The van der Waals surface area contributed by atoms with Gasteiger partial charge in [-0.1, -0.05) is 6.92 Å². The molecule has 15 heavy (non-hydrogen) atoms. The molecule has 0 heterocycles. The minimum absolute atomic E-state index is 0.108. The van der Waals surface area contributed by atoms with Crippen LogP contribution in [0.4, 0.5) is 0 Å². The lowest BCUT2D eigenvalue weighted by Crippen LogP contribution is -2.59. The molecule has 0 aromatic carbocycles. The zero-order valence-corrected chi connectivity index (χ0v) is 9.21. The fourth-order valence-corrected chi connectivity index (χ4v) is 3.38. The molecule has 2 rings (SSSR count). The molecule has 3 nitrogen and oxygen atoms in total. The molecule has 0 aromatic heterocycles. The smallest absolute Gasteiger partial charge is 0.141 e. The highest BCUT2D eigenvalue weighted by Crippen LogP contribution is 2.52. The van der Waals surface area contributed by atoms with Crippen LogP contribution in [-0.4, -0.2) is 22.3 Å². The fraction of sp³-hybridized carbons (Fsp3) is 0.833. The summed E-state index contributed by atoms with van der Waals surface area (Å²) in [5.41, 5.74) is -1.65. The Labute approximate surface area is 89.9 Å². The topological polar surface area (TPSA) is 54.4 Å². The third kappa shape index (κ3) is 1.36. The Bertz CT molecular complexity index is 310. The largest absolute Gasteiger partial charge is 0.388 e. The van der Waals surface area contributed by atoms with Crippen LogP contribution in [0, 0.1) is 5.41 Å². The van der Waals surface area contributed by atoms with Crippen molar-refractivity contribution in [3.8, 4) is 0 Å². The van der Waals surface area contributed by atoms with Crippen LogP contribution in [0.15, 0.2) is 0 Å². The van der Waals surface area contributed by atoms with Gasteiger partial charge in [0.1, 0.15) is 11.6 Å². The number of aliphatic hydroxyl groups is 1. The SMILES string of the molecule is CC[C@]12CCC(=O)C[C@@]1(O)CCCC2=O. The summed E-state index contributed by atoms with van der Waals surface area (Å²) in [5, 5.41) is 10.5. The standard InChI is InChI=1S/C12H18O3/c1-2-11-7-5-9(13)8-12(11,15)6-3-4-10(11)14/h15H,2-8H2,1H3/t11-,12+/m1/s1. The van der Waals surface area contributed by atoms with E-state index in [2.05, 4.69) is 0 Å². The van der Waals surface area contributed by atoms with Gasteiger partial charge in [-0.3, -0.25) is 9.59 Å². The van der Waals surface area contributed by atoms with Crippen molar-refractivity contribution >= 4 is 11.6 Å². The second-order valence-electron chi connectivity index (χ2n) is 4.96. The minimum atomic E-state index is -1.04. The molecule has 3 heteroatoms. The maximum absolute atomic E-state index is 12.0. The van der Waals surface area contributed by atoms with Crippen LogP contribution in [0.25, 0.3) is 0 Å². The molecule has 0 aromatic rings. The predicted molar refractivity (Wildman–Crippen MR) is 55.4 cm³/mol. The van der Waals surface area contributed by atoms with E-state index in [1.54, 1.807) is 0 Å². The van der Waals surface area contributed by atoms with Gasteiger partial charge in [-0.15, -0.1) is 0 Å². The maximum Gasteiger partial charge on any atom is 0.141 e. The van der Waals surface area contributed by atoms with Crippen LogP contribution in [0.3, 0.4) is 0 Å². The molecular weight excluding hydrogens is 192 g/mol. The summed E-state index contributed by atoms with van der Waals surface area (Å²) < 4.78 is 0. The predicted octanol–water partition coefficient (Wildman–Crippen LogP) is 1.62. The summed E-state index contributed by atoms with van der Waals surface area (Å²) in [6.07, 6.45) is 3.77. The van der Waals surface area contributed by atoms with Gasteiger partial charge in [-0.05, 0) is 25.7 Å². The summed E-state index contributed by atoms with van der Waals surface area (Å²) in [5.74, 6) is 0.280. The van der Waals surface area contributed by atoms with E-state index in [1.165, 1.54) is 0 Å². The van der Waals surface area contributed by atoms with Crippen LogP contribution in [0.1, 0.15) is 51.9 Å². The van der Waals surface area contributed by atoms with Crippen LogP contribution in [0.2, 0.25) is 0 Å². The highest BCUT2D eigenvalue weighted by molar-refractivity contribution is 5.91. The first kappa shape index (κ1) is 10.8.